The SMILES string of the molecule is CCN(CC)c1ccc(NC(=O)[C@]2(NC(=O)OCC(C)C)CCc3cc(/C=C/C(N)=O)ccc3C2)cc1. The molecule has 0 fully saturated rings. The number of carbonyl (C=O) groups excluding carboxylic acids is 3. The Morgan fingerprint density at radius 2 is 1.78 bits per heavy atom. The lowest BCUT2D eigenvalue weighted by atomic mass is 9.76. The average molecular weight is 507 g/mol. The minimum Gasteiger partial charge on any atom is -0.449 e. The van der Waals surface area contributed by atoms with Gasteiger partial charge < -0.3 is 26.0 Å². The molecule has 0 saturated carbocycles. The van der Waals surface area contributed by atoms with E-state index in [0.29, 0.717) is 24.9 Å². The van der Waals surface area contributed by atoms with Gasteiger partial charge in [0.2, 0.25) is 5.91 Å². The minimum absolute atomic E-state index is 0.179. The van der Waals surface area contributed by atoms with Crippen molar-refractivity contribution in [3.05, 3.63) is 65.2 Å². The Morgan fingerprint density at radius 1 is 1.08 bits per heavy atom. The van der Waals surface area contributed by atoms with Gasteiger partial charge >= 0.3 is 6.09 Å². The lowest BCUT2D eigenvalue weighted by molar-refractivity contribution is -0.122. The number of hydrogen-bond donors (Lipinski definition) is 3. The summed E-state index contributed by atoms with van der Waals surface area (Å²) in [5.74, 6) is -0.616. The van der Waals surface area contributed by atoms with Crippen LogP contribution in [-0.2, 0) is 27.2 Å². The van der Waals surface area contributed by atoms with Gasteiger partial charge in [0.05, 0.1) is 6.61 Å². The number of aryl methyl sites for hydroxylation is 1. The Balaban J connectivity index is 1.84. The number of hydrogen-bond acceptors (Lipinski definition) is 5. The van der Waals surface area contributed by atoms with E-state index in [-0.39, 0.29) is 18.4 Å². The van der Waals surface area contributed by atoms with Gasteiger partial charge in [-0.15, -0.1) is 0 Å². The molecule has 0 aliphatic heterocycles. The Bertz CT molecular complexity index is 1140. The number of amides is 3. The van der Waals surface area contributed by atoms with Crippen molar-refractivity contribution in [3.8, 4) is 0 Å². The molecular weight excluding hydrogens is 468 g/mol. The monoisotopic (exact) mass is 506 g/mol. The summed E-state index contributed by atoms with van der Waals surface area (Å²) in [5.41, 5.74) is 8.67. The molecule has 8 nitrogen and oxygen atoms in total. The average Bonchev–Trinajstić information content (AvgIpc) is 2.87. The van der Waals surface area contributed by atoms with E-state index in [1.54, 1.807) is 6.08 Å². The zero-order valence-corrected chi connectivity index (χ0v) is 22.2. The molecule has 1 atom stereocenters. The Labute approximate surface area is 219 Å². The first-order valence-electron chi connectivity index (χ1n) is 12.9. The predicted octanol–water partition coefficient (Wildman–Crippen LogP) is 4.28. The van der Waals surface area contributed by atoms with Crippen LogP contribution in [0.4, 0.5) is 16.2 Å². The fraction of sp³-hybridized carbons (Fsp3) is 0.414. The summed E-state index contributed by atoms with van der Waals surface area (Å²) >= 11 is 0. The van der Waals surface area contributed by atoms with Crippen LogP contribution < -0.4 is 21.3 Å². The molecule has 0 unspecified atom stereocenters. The fourth-order valence-corrected chi connectivity index (χ4v) is 4.52. The summed E-state index contributed by atoms with van der Waals surface area (Å²) in [4.78, 5) is 39.7. The summed E-state index contributed by atoms with van der Waals surface area (Å²) < 4.78 is 5.37. The maximum Gasteiger partial charge on any atom is 0.408 e. The molecule has 0 heterocycles. The van der Waals surface area contributed by atoms with Gasteiger partial charge in [0.15, 0.2) is 0 Å². The van der Waals surface area contributed by atoms with Gasteiger partial charge in [-0.2, -0.15) is 0 Å². The maximum atomic E-state index is 13.7. The minimum atomic E-state index is -1.16. The highest BCUT2D eigenvalue weighted by atomic mass is 16.5. The third-order valence-corrected chi connectivity index (χ3v) is 6.56. The van der Waals surface area contributed by atoms with Gasteiger partial charge in [0.25, 0.3) is 5.91 Å². The zero-order chi connectivity index (χ0) is 27.0. The quantitative estimate of drug-likeness (QED) is 0.416. The van der Waals surface area contributed by atoms with Crippen molar-refractivity contribution >= 4 is 35.4 Å². The lowest BCUT2D eigenvalue weighted by Crippen LogP contribution is -2.60. The van der Waals surface area contributed by atoms with E-state index in [1.165, 1.54) is 6.08 Å². The number of alkyl carbamates (subject to hydrolysis) is 1. The molecular formula is C29H38N4O4. The molecule has 198 valence electrons. The van der Waals surface area contributed by atoms with Crippen LogP contribution in [0.15, 0.2) is 48.5 Å². The second-order valence-corrected chi connectivity index (χ2v) is 9.81. The summed E-state index contributed by atoms with van der Waals surface area (Å²) in [6, 6.07) is 13.5. The van der Waals surface area contributed by atoms with Crippen molar-refractivity contribution in [2.24, 2.45) is 11.7 Å². The van der Waals surface area contributed by atoms with Crippen molar-refractivity contribution in [1.29, 1.82) is 0 Å². The summed E-state index contributed by atoms with van der Waals surface area (Å²) in [6.45, 7) is 10.2. The van der Waals surface area contributed by atoms with E-state index in [9.17, 15) is 14.4 Å². The van der Waals surface area contributed by atoms with E-state index < -0.39 is 17.5 Å². The number of nitrogens with two attached hydrogens (primary N) is 1. The standard InChI is InChI=1S/C29H38N4O4/c1-5-33(6-2)25-12-10-24(11-13-25)31-27(35)29(32-28(36)37-19-20(3)4)16-15-22-17-21(8-14-26(30)34)7-9-23(22)18-29/h7-14,17,20H,5-6,15-16,18-19H2,1-4H3,(H2,30,34)(H,31,35)(H,32,36)/b14-8+/t29-/m0/s1. The molecule has 2 aromatic carbocycles. The molecule has 8 heteroatoms. The second kappa shape index (κ2) is 12.4. The Morgan fingerprint density at radius 3 is 2.41 bits per heavy atom. The van der Waals surface area contributed by atoms with E-state index >= 15 is 0 Å². The largest absolute Gasteiger partial charge is 0.449 e. The van der Waals surface area contributed by atoms with Crippen molar-refractivity contribution in [2.75, 3.05) is 29.9 Å². The van der Waals surface area contributed by atoms with Gasteiger partial charge in [-0.25, -0.2) is 4.79 Å². The number of benzene rings is 2. The van der Waals surface area contributed by atoms with Gasteiger partial charge in [-0.3, -0.25) is 9.59 Å². The molecule has 37 heavy (non-hydrogen) atoms. The van der Waals surface area contributed by atoms with E-state index in [4.69, 9.17) is 10.5 Å². The summed E-state index contributed by atoms with van der Waals surface area (Å²) in [5, 5.41) is 5.90. The smallest absolute Gasteiger partial charge is 0.408 e. The topological polar surface area (TPSA) is 114 Å². The zero-order valence-electron chi connectivity index (χ0n) is 22.2. The Hall–Kier alpha value is -3.81. The fourth-order valence-electron chi connectivity index (χ4n) is 4.52. The van der Waals surface area contributed by atoms with Crippen molar-refractivity contribution in [1.82, 2.24) is 5.32 Å². The molecule has 0 saturated heterocycles. The van der Waals surface area contributed by atoms with Crippen LogP contribution in [0.3, 0.4) is 0 Å². The highest BCUT2D eigenvalue weighted by molar-refractivity contribution is 6.00. The lowest BCUT2D eigenvalue weighted by Gasteiger charge is -2.37. The maximum absolute atomic E-state index is 13.7. The third-order valence-electron chi connectivity index (χ3n) is 6.56. The summed E-state index contributed by atoms with van der Waals surface area (Å²) in [7, 11) is 0. The van der Waals surface area contributed by atoms with Crippen molar-refractivity contribution in [2.45, 2.75) is 52.5 Å². The Kier molecular flexibility index (Phi) is 9.33. The van der Waals surface area contributed by atoms with Crippen LogP contribution in [0.2, 0.25) is 0 Å². The first kappa shape index (κ1) is 27.8. The molecule has 0 spiro atoms. The molecule has 3 rings (SSSR count). The van der Waals surface area contributed by atoms with Crippen LogP contribution in [0.5, 0.6) is 0 Å². The summed E-state index contributed by atoms with van der Waals surface area (Å²) in [6.07, 6.45) is 3.68. The van der Waals surface area contributed by atoms with Crippen LogP contribution in [-0.4, -0.2) is 43.1 Å². The number of nitrogens with zero attached hydrogens (tertiary/aromatic N) is 1. The van der Waals surface area contributed by atoms with E-state index in [0.717, 1.165) is 35.5 Å². The van der Waals surface area contributed by atoms with Crippen LogP contribution in [0.25, 0.3) is 6.08 Å². The predicted molar refractivity (Wildman–Crippen MR) is 147 cm³/mol. The van der Waals surface area contributed by atoms with E-state index in [1.807, 2.05) is 56.3 Å². The number of anilines is 2. The highest BCUT2D eigenvalue weighted by Crippen LogP contribution is 2.32. The molecule has 0 bridgehead atoms. The number of ether oxygens (including phenoxy) is 1. The molecule has 1 aliphatic carbocycles. The van der Waals surface area contributed by atoms with Gasteiger partial charge in [-0.1, -0.05) is 32.0 Å². The van der Waals surface area contributed by atoms with Gasteiger partial charge in [0, 0.05) is 37.0 Å². The first-order valence-corrected chi connectivity index (χ1v) is 12.9. The highest BCUT2D eigenvalue weighted by Gasteiger charge is 2.43. The van der Waals surface area contributed by atoms with Crippen LogP contribution in [0.1, 0.15) is 50.8 Å². The van der Waals surface area contributed by atoms with Crippen LogP contribution in [0, 0.1) is 5.92 Å². The van der Waals surface area contributed by atoms with Gasteiger partial charge in [0.1, 0.15) is 5.54 Å². The van der Waals surface area contributed by atoms with E-state index in [2.05, 4.69) is 29.4 Å². The molecule has 0 aromatic heterocycles. The third kappa shape index (κ3) is 7.35. The number of rotatable bonds is 10. The molecule has 3 amide bonds. The van der Waals surface area contributed by atoms with Gasteiger partial charge in [-0.05, 0) is 79.6 Å². The number of fused-ring (bicyclic) bond motifs is 1. The number of nitrogens with one attached hydrogen (secondary N) is 2. The molecule has 2 aromatic rings. The normalized spacial score (nSPS) is 16.8. The second-order valence-electron chi connectivity index (χ2n) is 9.81. The molecule has 1 aliphatic rings. The number of carbonyl (C=O) groups is 3. The van der Waals surface area contributed by atoms with Crippen molar-refractivity contribution < 1.29 is 19.1 Å². The molecule has 0 radical (unpaired) electrons. The van der Waals surface area contributed by atoms with Crippen molar-refractivity contribution in [3.63, 3.8) is 0 Å². The number of primary amides is 1. The molecule has 4 N–H and O–H groups in total. The van der Waals surface area contributed by atoms with Crippen LogP contribution >= 0.6 is 0 Å². The first-order chi connectivity index (χ1) is 17.7.